The lowest BCUT2D eigenvalue weighted by Crippen LogP contribution is -1.94. The molecule has 1 aromatic carbocycles. The molecule has 0 saturated heterocycles. The van der Waals surface area contributed by atoms with Gasteiger partial charge in [0, 0.05) is 5.38 Å². The number of thiazole rings is 1. The van der Waals surface area contributed by atoms with Crippen LogP contribution in [-0.4, -0.2) is 16.0 Å². The molecule has 2 heterocycles. The van der Waals surface area contributed by atoms with Crippen LogP contribution in [0.1, 0.15) is 6.92 Å². The van der Waals surface area contributed by atoms with Gasteiger partial charge in [0.05, 0.1) is 18.5 Å². The van der Waals surface area contributed by atoms with Crippen molar-refractivity contribution in [1.29, 1.82) is 0 Å². The van der Waals surface area contributed by atoms with E-state index in [0.717, 1.165) is 22.0 Å². The number of nitrogens with zero attached hydrogens (tertiary/aromatic N) is 2. The Bertz CT molecular complexity index is 669. The van der Waals surface area contributed by atoms with E-state index >= 15 is 0 Å². The molecule has 4 nitrogen and oxygen atoms in total. The predicted octanol–water partition coefficient (Wildman–Crippen LogP) is 3.04. The molecule has 0 unspecified atom stereocenters. The number of rotatable bonds is 3. The summed E-state index contributed by atoms with van der Waals surface area (Å²) in [6.45, 7) is 2.65. The zero-order chi connectivity index (χ0) is 12.5. The van der Waals surface area contributed by atoms with Gasteiger partial charge in [-0.05, 0) is 36.8 Å². The molecule has 0 radical (unpaired) electrons. The average molecular weight is 259 g/mol. The van der Waals surface area contributed by atoms with Crippen LogP contribution in [0.4, 0.5) is 5.82 Å². The lowest BCUT2D eigenvalue weighted by Gasteiger charge is -2.05. The number of ether oxygens (including phenoxy) is 1. The molecule has 92 valence electrons. The van der Waals surface area contributed by atoms with Crippen molar-refractivity contribution in [3.8, 4) is 17.0 Å². The lowest BCUT2D eigenvalue weighted by molar-refractivity contribution is 0.340. The lowest BCUT2D eigenvalue weighted by atomic mass is 10.1. The Labute approximate surface area is 109 Å². The van der Waals surface area contributed by atoms with Crippen LogP contribution < -0.4 is 10.5 Å². The van der Waals surface area contributed by atoms with Crippen molar-refractivity contribution in [2.75, 3.05) is 12.3 Å². The highest BCUT2D eigenvalue weighted by Gasteiger charge is 2.09. The summed E-state index contributed by atoms with van der Waals surface area (Å²) in [6, 6.07) is 8.00. The van der Waals surface area contributed by atoms with Gasteiger partial charge in [0.15, 0.2) is 4.96 Å². The highest BCUT2D eigenvalue weighted by molar-refractivity contribution is 7.15. The van der Waals surface area contributed by atoms with E-state index in [1.54, 1.807) is 17.5 Å². The average Bonchev–Trinajstić information content (AvgIpc) is 2.95. The molecule has 18 heavy (non-hydrogen) atoms. The van der Waals surface area contributed by atoms with Crippen molar-refractivity contribution in [2.45, 2.75) is 6.92 Å². The van der Waals surface area contributed by atoms with Crippen LogP contribution in [0.3, 0.4) is 0 Å². The van der Waals surface area contributed by atoms with Crippen molar-refractivity contribution >= 4 is 22.1 Å². The van der Waals surface area contributed by atoms with Gasteiger partial charge in [0.1, 0.15) is 11.6 Å². The summed E-state index contributed by atoms with van der Waals surface area (Å²) in [6.07, 6.45) is 1.68. The zero-order valence-corrected chi connectivity index (χ0v) is 10.8. The summed E-state index contributed by atoms with van der Waals surface area (Å²) in [5, 5.41) is 2.06. The number of hydrogen-bond acceptors (Lipinski definition) is 4. The van der Waals surface area contributed by atoms with Crippen LogP contribution in [0.25, 0.3) is 16.2 Å². The molecule has 2 aromatic heterocycles. The molecule has 2 N–H and O–H groups in total. The van der Waals surface area contributed by atoms with Gasteiger partial charge in [-0.2, -0.15) is 0 Å². The first-order valence-electron chi connectivity index (χ1n) is 5.73. The molecular weight excluding hydrogens is 246 g/mol. The minimum atomic E-state index is 0.662. The van der Waals surface area contributed by atoms with Gasteiger partial charge in [-0.25, -0.2) is 4.98 Å². The molecule has 3 aromatic rings. The molecule has 0 saturated carbocycles. The zero-order valence-electron chi connectivity index (χ0n) is 9.96. The van der Waals surface area contributed by atoms with Crippen LogP contribution in [0.5, 0.6) is 5.75 Å². The van der Waals surface area contributed by atoms with Crippen LogP contribution in [0.2, 0.25) is 0 Å². The molecule has 0 bridgehead atoms. The minimum Gasteiger partial charge on any atom is -0.494 e. The molecule has 0 fully saturated rings. The van der Waals surface area contributed by atoms with Crippen molar-refractivity contribution in [1.82, 2.24) is 9.38 Å². The SMILES string of the molecule is CCOc1ccc(-c2csc3ncc(N)n23)cc1. The van der Waals surface area contributed by atoms with Gasteiger partial charge < -0.3 is 10.5 Å². The fourth-order valence-electron chi connectivity index (χ4n) is 1.92. The van der Waals surface area contributed by atoms with Crippen molar-refractivity contribution in [3.63, 3.8) is 0 Å². The minimum absolute atomic E-state index is 0.662. The molecular formula is C13H13N3OS. The second-order valence-corrected chi connectivity index (χ2v) is 4.72. The van der Waals surface area contributed by atoms with Gasteiger partial charge in [-0.1, -0.05) is 0 Å². The second-order valence-electron chi connectivity index (χ2n) is 3.88. The van der Waals surface area contributed by atoms with Gasteiger partial charge in [-0.15, -0.1) is 11.3 Å². The van der Waals surface area contributed by atoms with Crippen LogP contribution in [0.15, 0.2) is 35.8 Å². The smallest absolute Gasteiger partial charge is 0.195 e. The molecule has 0 atom stereocenters. The van der Waals surface area contributed by atoms with E-state index < -0.39 is 0 Å². The topological polar surface area (TPSA) is 52.5 Å². The molecule has 0 aliphatic heterocycles. The van der Waals surface area contributed by atoms with Gasteiger partial charge in [0.2, 0.25) is 0 Å². The van der Waals surface area contributed by atoms with E-state index in [4.69, 9.17) is 10.5 Å². The summed E-state index contributed by atoms with van der Waals surface area (Å²) in [5.41, 5.74) is 8.09. The predicted molar refractivity (Wildman–Crippen MR) is 74.1 cm³/mol. The van der Waals surface area contributed by atoms with E-state index in [0.29, 0.717) is 12.4 Å². The van der Waals surface area contributed by atoms with Gasteiger partial charge >= 0.3 is 0 Å². The summed E-state index contributed by atoms with van der Waals surface area (Å²) in [4.78, 5) is 5.16. The van der Waals surface area contributed by atoms with Gasteiger partial charge in [-0.3, -0.25) is 4.40 Å². The fraction of sp³-hybridized carbons (Fsp3) is 0.154. The highest BCUT2D eigenvalue weighted by Crippen LogP contribution is 2.29. The monoisotopic (exact) mass is 259 g/mol. The van der Waals surface area contributed by atoms with Crippen LogP contribution >= 0.6 is 11.3 Å². The molecule has 0 aliphatic rings. The molecule has 3 rings (SSSR count). The third kappa shape index (κ3) is 1.73. The standard InChI is InChI=1S/C13H13N3OS/c1-2-17-10-5-3-9(4-6-10)11-8-18-13-15-7-12(14)16(11)13/h3-8H,2,14H2,1H3. The van der Waals surface area contributed by atoms with Crippen molar-refractivity contribution in [2.24, 2.45) is 0 Å². The number of benzene rings is 1. The van der Waals surface area contributed by atoms with E-state index in [1.807, 2.05) is 35.6 Å². The van der Waals surface area contributed by atoms with E-state index in [1.165, 1.54) is 0 Å². The Kier molecular flexibility index (Phi) is 2.68. The largest absolute Gasteiger partial charge is 0.494 e. The van der Waals surface area contributed by atoms with Crippen LogP contribution in [-0.2, 0) is 0 Å². The third-order valence-electron chi connectivity index (χ3n) is 2.73. The van der Waals surface area contributed by atoms with E-state index in [9.17, 15) is 0 Å². The molecule has 0 spiro atoms. The molecule has 5 heteroatoms. The maximum Gasteiger partial charge on any atom is 0.195 e. The number of aromatic nitrogens is 2. The molecule has 0 amide bonds. The first kappa shape index (κ1) is 11.1. The fourth-order valence-corrected chi connectivity index (χ4v) is 2.80. The summed E-state index contributed by atoms with van der Waals surface area (Å²) in [5.74, 6) is 1.54. The van der Waals surface area contributed by atoms with Crippen LogP contribution in [0, 0.1) is 0 Å². The molecule has 0 aliphatic carbocycles. The normalized spacial score (nSPS) is 10.9. The maximum atomic E-state index is 5.92. The number of nitrogen functional groups attached to an aromatic ring is 1. The second kappa shape index (κ2) is 4.34. The number of nitrogens with two attached hydrogens (primary N) is 1. The first-order valence-corrected chi connectivity index (χ1v) is 6.61. The maximum absolute atomic E-state index is 5.92. The van der Waals surface area contributed by atoms with Crippen molar-refractivity contribution < 1.29 is 4.74 Å². The number of hydrogen-bond donors (Lipinski definition) is 1. The number of imidazole rings is 1. The Hall–Kier alpha value is -2.01. The highest BCUT2D eigenvalue weighted by atomic mass is 32.1. The van der Waals surface area contributed by atoms with E-state index in [-0.39, 0.29) is 0 Å². The first-order chi connectivity index (χ1) is 8.79. The summed E-state index contributed by atoms with van der Waals surface area (Å²) < 4.78 is 7.39. The summed E-state index contributed by atoms with van der Waals surface area (Å²) >= 11 is 1.58. The Balaban J connectivity index is 2.05. The van der Waals surface area contributed by atoms with Crippen molar-refractivity contribution in [3.05, 3.63) is 35.8 Å². The third-order valence-corrected chi connectivity index (χ3v) is 3.57. The Morgan fingerprint density at radius 2 is 2.11 bits per heavy atom. The number of anilines is 1. The summed E-state index contributed by atoms with van der Waals surface area (Å²) in [7, 11) is 0. The Morgan fingerprint density at radius 1 is 1.33 bits per heavy atom. The van der Waals surface area contributed by atoms with Gasteiger partial charge in [0.25, 0.3) is 0 Å². The Morgan fingerprint density at radius 3 is 2.83 bits per heavy atom. The van der Waals surface area contributed by atoms with E-state index in [2.05, 4.69) is 10.4 Å². The number of fused-ring (bicyclic) bond motifs is 1. The quantitative estimate of drug-likeness (QED) is 0.786.